The molecule has 0 spiro atoms. The first-order valence-corrected chi connectivity index (χ1v) is 8.92. The molecule has 1 amide bonds. The van der Waals surface area contributed by atoms with Crippen molar-refractivity contribution in [2.45, 2.75) is 32.0 Å². The summed E-state index contributed by atoms with van der Waals surface area (Å²) in [6.07, 6.45) is 5.61. The van der Waals surface area contributed by atoms with Crippen molar-refractivity contribution < 1.29 is 9.53 Å². The Hall–Kier alpha value is -2.34. The van der Waals surface area contributed by atoms with Crippen LogP contribution in [-0.4, -0.2) is 40.6 Å². The number of piperidine rings is 1. The summed E-state index contributed by atoms with van der Waals surface area (Å²) in [5.41, 5.74) is 1.06. The van der Waals surface area contributed by atoms with Crippen LogP contribution >= 0.6 is 0 Å². The molecule has 3 heterocycles. The fraction of sp³-hybridized carbons (Fsp3) is 0.474. The van der Waals surface area contributed by atoms with Crippen molar-refractivity contribution in [2.24, 2.45) is 5.92 Å². The van der Waals surface area contributed by atoms with Gasteiger partial charge in [0.1, 0.15) is 11.6 Å². The van der Waals surface area contributed by atoms with Crippen LogP contribution in [0.5, 0.6) is 5.75 Å². The first kappa shape index (κ1) is 16.1. The van der Waals surface area contributed by atoms with E-state index in [0.29, 0.717) is 13.1 Å². The molecule has 1 saturated heterocycles. The van der Waals surface area contributed by atoms with Gasteiger partial charge in [0.25, 0.3) is 0 Å². The van der Waals surface area contributed by atoms with Crippen molar-refractivity contribution in [2.75, 3.05) is 20.2 Å². The number of aromatic nitrogens is 2. The van der Waals surface area contributed by atoms with Crippen LogP contribution in [0, 0.1) is 5.92 Å². The Bertz CT molecular complexity index is 751. The molecule has 0 saturated carbocycles. The van der Waals surface area contributed by atoms with E-state index >= 15 is 0 Å². The minimum absolute atomic E-state index is 0.0276. The second kappa shape index (κ2) is 6.88. The average Bonchev–Trinajstić information content (AvgIpc) is 3.14. The normalized spacial score (nSPS) is 21.0. The zero-order chi connectivity index (χ0) is 17.2. The highest BCUT2D eigenvalue weighted by molar-refractivity contribution is 5.79. The Kier molecular flexibility index (Phi) is 4.44. The van der Waals surface area contributed by atoms with Crippen molar-refractivity contribution >= 4 is 5.91 Å². The van der Waals surface area contributed by atoms with E-state index in [1.165, 1.54) is 0 Å². The number of imidazole rings is 1. The van der Waals surface area contributed by atoms with E-state index in [0.717, 1.165) is 43.1 Å². The minimum atomic E-state index is -0.0276. The SMILES string of the molecule is COc1ccccc1C1Cn2ccnc2CN1C(=O)C1CCNCC1. The van der Waals surface area contributed by atoms with Gasteiger partial charge >= 0.3 is 0 Å². The lowest BCUT2D eigenvalue weighted by molar-refractivity contribution is -0.141. The van der Waals surface area contributed by atoms with Gasteiger partial charge < -0.3 is 19.5 Å². The highest BCUT2D eigenvalue weighted by Crippen LogP contribution is 2.36. The van der Waals surface area contributed by atoms with Crippen molar-refractivity contribution in [3.05, 3.63) is 48.0 Å². The summed E-state index contributed by atoms with van der Waals surface area (Å²) in [4.78, 5) is 19.7. The Morgan fingerprint density at radius 1 is 1.28 bits per heavy atom. The molecule has 6 heteroatoms. The second-order valence-electron chi connectivity index (χ2n) is 6.74. The van der Waals surface area contributed by atoms with Gasteiger partial charge in [-0.1, -0.05) is 18.2 Å². The number of carbonyl (C=O) groups excluding carboxylic acids is 1. The quantitative estimate of drug-likeness (QED) is 0.928. The molecule has 6 nitrogen and oxygen atoms in total. The number of benzene rings is 1. The summed E-state index contributed by atoms with van der Waals surface area (Å²) < 4.78 is 7.71. The molecule has 1 unspecified atom stereocenters. The molecule has 132 valence electrons. The highest BCUT2D eigenvalue weighted by atomic mass is 16.5. The number of methoxy groups -OCH3 is 1. The van der Waals surface area contributed by atoms with Crippen LogP contribution < -0.4 is 10.1 Å². The number of fused-ring (bicyclic) bond motifs is 1. The van der Waals surface area contributed by atoms with Gasteiger partial charge in [0.15, 0.2) is 0 Å². The topological polar surface area (TPSA) is 59.4 Å². The van der Waals surface area contributed by atoms with Crippen molar-refractivity contribution in [1.29, 1.82) is 0 Å². The van der Waals surface area contributed by atoms with Gasteiger partial charge in [-0.2, -0.15) is 0 Å². The molecule has 2 aromatic rings. The lowest BCUT2D eigenvalue weighted by Gasteiger charge is -2.39. The number of hydrogen-bond donors (Lipinski definition) is 1. The number of nitrogens with zero attached hydrogens (tertiary/aromatic N) is 3. The number of nitrogens with one attached hydrogen (secondary N) is 1. The first-order chi connectivity index (χ1) is 12.3. The Morgan fingerprint density at radius 2 is 2.08 bits per heavy atom. The van der Waals surface area contributed by atoms with Crippen LogP contribution in [0.4, 0.5) is 0 Å². The van der Waals surface area contributed by atoms with Gasteiger partial charge in [-0.25, -0.2) is 4.98 Å². The molecule has 2 aliphatic rings. The Labute approximate surface area is 147 Å². The lowest BCUT2D eigenvalue weighted by Crippen LogP contribution is -2.46. The first-order valence-electron chi connectivity index (χ1n) is 8.92. The molecule has 0 radical (unpaired) electrons. The van der Waals surface area contributed by atoms with E-state index in [4.69, 9.17) is 4.74 Å². The Morgan fingerprint density at radius 3 is 2.88 bits per heavy atom. The molecular weight excluding hydrogens is 316 g/mol. The van der Waals surface area contributed by atoms with Gasteiger partial charge in [-0.05, 0) is 32.0 Å². The van der Waals surface area contributed by atoms with Crippen molar-refractivity contribution in [3.8, 4) is 5.75 Å². The van der Waals surface area contributed by atoms with E-state index in [2.05, 4.69) is 20.9 Å². The van der Waals surface area contributed by atoms with Crippen LogP contribution in [0.2, 0.25) is 0 Å². The van der Waals surface area contributed by atoms with E-state index in [9.17, 15) is 4.79 Å². The van der Waals surface area contributed by atoms with Crippen LogP contribution in [0.25, 0.3) is 0 Å². The molecule has 1 fully saturated rings. The summed E-state index contributed by atoms with van der Waals surface area (Å²) in [5.74, 6) is 2.12. The van der Waals surface area contributed by atoms with Crippen molar-refractivity contribution in [1.82, 2.24) is 19.8 Å². The third kappa shape index (κ3) is 3.02. The number of rotatable bonds is 3. The molecule has 0 aliphatic carbocycles. The molecule has 0 bridgehead atoms. The van der Waals surface area contributed by atoms with Gasteiger partial charge in [-0.3, -0.25) is 4.79 Å². The van der Waals surface area contributed by atoms with E-state index in [1.807, 2.05) is 35.5 Å². The number of ether oxygens (including phenoxy) is 1. The number of para-hydroxylation sites is 1. The molecule has 1 aromatic carbocycles. The van der Waals surface area contributed by atoms with Gasteiger partial charge in [0.2, 0.25) is 5.91 Å². The molecule has 4 rings (SSSR count). The highest BCUT2D eigenvalue weighted by Gasteiger charge is 2.36. The van der Waals surface area contributed by atoms with Crippen LogP contribution in [-0.2, 0) is 17.9 Å². The summed E-state index contributed by atoms with van der Waals surface area (Å²) in [6, 6.07) is 7.97. The summed E-state index contributed by atoms with van der Waals surface area (Å²) >= 11 is 0. The zero-order valence-electron chi connectivity index (χ0n) is 14.5. The van der Waals surface area contributed by atoms with Crippen LogP contribution in [0.1, 0.15) is 30.3 Å². The molecular formula is C19H24N4O2. The average molecular weight is 340 g/mol. The third-order valence-electron chi connectivity index (χ3n) is 5.33. The van der Waals surface area contributed by atoms with Crippen LogP contribution in [0.3, 0.4) is 0 Å². The maximum Gasteiger partial charge on any atom is 0.226 e. The van der Waals surface area contributed by atoms with E-state index in [1.54, 1.807) is 7.11 Å². The van der Waals surface area contributed by atoms with Crippen molar-refractivity contribution in [3.63, 3.8) is 0 Å². The standard InChI is InChI=1S/C19H24N4O2/c1-25-17-5-3-2-4-15(17)16-12-22-11-10-21-18(22)13-23(16)19(24)14-6-8-20-9-7-14/h2-5,10-11,14,16,20H,6-9,12-13H2,1H3. The third-order valence-corrected chi connectivity index (χ3v) is 5.33. The maximum absolute atomic E-state index is 13.3. The largest absolute Gasteiger partial charge is 0.496 e. The number of hydrogen-bond acceptors (Lipinski definition) is 4. The summed E-state index contributed by atoms with van der Waals surface area (Å²) in [6.45, 7) is 3.10. The fourth-order valence-corrected chi connectivity index (χ4v) is 3.95. The smallest absolute Gasteiger partial charge is 0.226 e. The zero-order valence-corrected chi connectivity index (χ0v) is 14.5. The molecule has 1 atom stereocenters. The second-order valence-corrected chi connectivity index (χ2v) is 6.74. The monoisotopic (exact) mass is 340 g/mol. The lowest BCUT2D eigenvalue weighted by atomic mass is 9.93. The Balaban J connectivity index is 1.69. The minimum Gasteiger partial charge on any atom is -0.496 e. The van der Waals surface area contributed by atoms with Crippen LogP contribution in [0.15, 0.2) is 36.7 Å². The number of amides is 1. The predicted molar refractivity (Wildman–Crippen MR) is 94.1 cm³/mol. The number of carbonyl (C=O) groups is 1. The van der Waals surface area contributed by atoms with E-state index < -0.39 is 0 Å². The van der Waals surface area contributed by atoms with E-state index in [-0.39, 0.29) is 17.9 Å². The maximum atomic E-state index is 13.3. The summed E-state index contributed by atoms with van der Waals surface area (Å²) in [5, 5.41) is 3.34. The molecule has 2 aliphatic heterocycles. The molecule has 1 N–H and O–H groups in total. The summed E-state index contributed by atoms with van der Waals surface area (Å²) in [7, 11) is 1.68. The fourth-order valence-electron chi connectivity index (χ4n) is 3.95. The van der Waals surface area contributed by atoms with Gasteiger partial charge in [0, 0.05) is 30.4 Å². The molecule has 1 aromatic heterocycles. The predicted octanol–water partition coefficient (Wildman–Crippen LogP) is 1.97. The van der Waals surface area contributed by atoms with Gasteiger partial charge in [0.05, 0.1) is 19.7 Å². The van der Waals surface area contributed by atoms with Gasteiger partial charge in [-0.15, -0.1) is 0 Å². The molecule has 25 heavy (non-hydrogen) atoms.